The predicted molar refractivity (Wildman–Crippen MR) is 94.0 cm³/mol. The largest absolute Gasteiger partial charge is 0.457 e. The third kappa shape index (κ3) is 5.24. The second-order valence-electron chi connectivity index (χ2n) is 6.81. The smallest absolute Gasteiger partial charge is 0.193 e. The fourth-order valence-electron chi connectivity index (χ4n) is 2.29. The number of benzene rings is 2. The number of hydrogen-bond donors (Lipinski definition) is 2. The van der Waals surface area contributed by atoms with E-state index in [4.69, 9.17) is 4.74 Å². The molecule has 1 atom stereocenters. The molecule has 0 bridgehead atoms. The first-order chi connectivity index (χ1) is 11.6. The number of carbonyl (C=O) groups is 2. The second-order valence-corrected chi connectivity index (χ2v) is 6.81. The Kier molecular flexibility index (Phi) is 5.40. The quantitative estimate of drug-likeness (QED) is 0.597. The molecule has 5 nitrogen and oxygen atoms in total. The standard InChI is InChI=1S/C20H22O5/c1-19(2,23)18(22)15-6-10-17(11-7-15)25-16-8-4-14(5-9-16)12-20(3,24)13-21/h4-11,13,23-24H,12H2,1-3H3/t20-/m0/s1. The van der Waals surface area contributed by atoms with Crippen LogP contribution < -0.4 is 4.74 Å². The number of Topliss-reactive ketones (excluding diaryl/α,β-unsaturated/α-hetero) is 1. The van der Waals surface area contributed by atoms with Gasteiger partial charge in [0.05, 0.1) is 0 Å². The number of hydrogen-bond acceptors (Lipinski definition) is 5. The lowest BCUT2D eigenvalue weighted by Gasteiger charge is -2.16. The molecule has 0 aliphatic heterocycles. The topological polar surface area (TPSA) is 83.8 Å². The molecule has 0 aliphatic rings. The molecule has 132 valence electrons. The third-order valence-corrected chi connectivity index (χ3v) is 3.65. The number of aldehydes is 1. The maximum Gasteiger partial charge on any atom is 0.193 e. The highest BCUT2D eigenvalue weighted by Gasteiger charge is 2.25. The Morgan fingerprint density at radius 2 is 1.44 bits per heavy atom. The number of ketones is 1. The Balaban J connectivity index is 2.05. The van der Waals surface area contributed by atoms with E-state index in [1.807, 2.05) is 0 Å². The van der Waals surface area contributed by atoms with Gasteiger partial charge in [-0.15, -0.1) is 0 Å². The summed E-state index contributed by atoms with van der Waals surface area (Å²) in [7, 11) is 0. The molecule has 0 amide bonds. The van der Waals surface area contributed by atoms with E-state index in [2.05, 4.69) is 0 Å². The van der Waals surface area contributed by atoms with Gasteiger partial charge in [-0.1, -0.05) is 12.1 Å². The van der Waals surface area contributed by atoms with Gasteiger partial charge in [-0.2, -0.15) is 0 Å². The van der Waals surface area contributed by atoms with E-state index in [9.17, 15) is 19.8 Å². The highest BCUT2D eigenvalue weighted by Crippen LogP contribution is 2.24. The van der Waals surface area contributed by atoms with Crippen LogP contribution in [0.15, 0.2) is 48.5 Å². The molecule has 25 heavy (non-hydrogen) atoms. The van der Waals surface area contributed by atoms with Gasteiger partial charge in [-0.05, 0) is 62.7 Å². The first kappa shape index (κ1) is 18.8. The molecule has 2 aromatic carbocycles. The molecule has 0 radical (unpaired) electrons. The predicted octanol–water partition coefficient (Wildman–Crippen LogP) is 2.92. The summed E-state index contributed by atoms with van der Waals surface area (Å²) in [6.45, 7) is 4.35. The van der Waals surface area contributed by atoms with E-state index in [0.717, 1.165) is 5.56 Å². The van der Waals surface area contributed by atoms with E-state index in [1.54, 1.807) is 48.5 Å². The normalized spacial score (nSPS) is 13.8. The van der Waals surface area contributed by atoms with Crippen LogP contribution in [0.25, 0.3) is 0 Å². The Morgan fingerprint density at radius 1 is 0.960 bits per heavy atom. The molecule has 2 N–H and O–H groups in total. The van der Waals surface area contributed by atoms with Crippen molar-refractivity contribution in [3.8, 4) is 11.5 Å². The molecule has 5 heteroatoms. The van der Waals surface area contributed by atoms with Crippen LogP contribution in [0.2, 0.25) is 0 Å². The lowest BCUT2D eigenvalue weighted by molar-refractivity contribution is -0.122. The number of carbonyl (C=O) groups excluding carboxylic acids is 2. The van der Waals surface area contributed by atoms with Crippen molar-refractivity contribution in [3.05, 3.63) is 59.7 Å². The minimum Gasteiger partial charge on any atom is -0.457 e. The van der Waals surface area contributed by atoms with E-state index < -0.39 is 11.2 Å². The Morgan fingerprint density at radius 3 is 1.88 bits per heavy atom. The molecule has 2 rings (SSSR count). The highest BCUT2D eigenvalue weighted by molar-refractivity contribution is 6.01. The highest BCUT2D eigenvalue weighted by atomic mass is 16.5. The number of ether oxygens (including phenoxy) is 1. The molecule has 0 saturated carbocycles. The first-order valence-corrected chi connectivity index (χ1v) is 7.93. The SMILES string of the molecule is CC(C)(O)C(=O)c1ccc(Oc2ccc(C[C@](C)(O)C=O)cc2)cc1. The minimum atomic E-state index is -1.42. The average Bonchev–Trinajstić information content (AvgIpc) is 2.56. The van der Waals surface area contributed by atoms with E-state index >= 15 is 0 Å². The van der Waals surface area contributed by atoms with Gasteiger partial charge in [0.2, 0.25) is 0 Å². The molecule has 0 fully saturated rings. The fraction of sp³-hybridized carbons (Fsp3) is 0.300. The van der Waals surface area contributed by atoms with Crippen LogP contribution in [0.1, 0.15) is 36.7 Å². The van der Waals surface area contributed by atoms with Crippen molar-refractivity contribution in [1.29, 1.82) is 0 Å². The molecular formula is C20H22O5. The van der Waals surface area contributed by atoms with Crippen LogP contribution in [-0.4, -0.2) is 33.5 Å². The number of aliphatic hydroxyl groups is 2. The third-order valence-electron chi connectivity index (χ3n) is 3.65. The molecular weight excluding hydrogens is 320 g/mol. The molecule has 0 heterocycles. The van der Waals surface area contributed by atoms with Crippen LogP contribution in [0.3, 0.4) is 0 Å². The molecule has 0 aromatic heterocycles. The van der Waals surface area contributed by atoms with Crippen LogP contribution >= 0.6 is 0 Å². The molecule has 0 saturated heterocycles. The summed E-state index contributed by atoms with van der Waals surface area (Å²) in [6, 6.07) is 13.6. The maximum absolute atomic E-state index is 12.0. The Bertz CT molecular complexity index is 737. The summed E-state index contributed by atoms with van der Waals surface area (Å²) in [4.78, 5) is 22.7. The monoisotopic (exact) mass is 342 g/mol. The van der Waals surface area contributed by atoms with Crippen molar-refractivity contribution >= 4 is 12.1 Å². The van der Waals surface area contributed by atoms with Crippen molar-refractivity contribution in [1.82, 2.24) is 0 Å². The number of rotatable bonds is 7. The molecule has 0 aliphatic carbocycles. The van der Waals surface area contributed by atoms with Crippen LogP contribution in [0.4, 0.5) is 0 Å². The summed E-state index contributed by atoms with van der Waals surface area (Å²) in [5.74, 6) is 0.793. The average molecular weight is 342 g/mol. The summed E-state index contributed by atoms with van der Waals surface area (Å²) in [5.41, 5.74) is -1.58. The fourth-order valence-corrected chi connectivity index (χ4v) is 2.29. The lowest BCUT2D eigenvalue weighted by atomic mass is 9.97. The zero-order valence-corrected chi connectivity index (χ0v) is 14.5. The first-order valence-electron chi connectivity index (χ1n) is 7.93. The van der Waals surface area contributed by atoms with Gasteiger partial charge in [0.15, 0.2) is 12.1 Å². The zero-order valence-electron chi connectivity index (χ0n) is 14.5. The summed E-state index contributed by atoms with van der Waals surface area (Å²) in [5, 5.41) is 19.5. The van der Waals surface area contributed by atoms with Crippen LogP contribution in [0.5, 0.6) is 11.5 Å². The minimum absolute atomic E-state index is 0.227. The van der Waals surface area contributed by atoms with Gasteiger partial charge in [0.25, 0.3) is 0 Å². The van der Waals surface area contributed by atoms with Crippen molar-refractivity contribution in [2.24, 2.45) is 0 Å². The molecule has 0 unspecified atom stereocenters. The molecule has 2 aromatic rings. The lowest BCUT2D eigenvalue weighted by Crippen LogP contribution is -2.30. The van der Waals surface area contributed by atoms with Crippen LogP contribution in [-0.2, 0) is 11.2 Å². The van der Waals surface area contributed by atoms with Gasteiger partial charge in [-0.3, -0.25) is 4.79 Å². The second kappa shape index (κ2) is 7.17. The van der Waals surface area contributed by atoms with Crippen molar-refractivity contribution in [2.75, 3.05) is 0 Å². The van der Waals surface area contributed by atoms with E-state index in [1.165, 1.54) is 20.8 Å². The van der Waals surface area contributed by atoms with Gasteiger partial charge in [-0.25, -0.2) is 0 Å². The Hall–Kier alpha value is -2.50. The van der Waals surface area contributed by atoms with Gasteiger partial charge >= 0.3 is 0 Å². The van der Waals surface area contributed by atoms with E-state index in [0.29, 0.717) is 23.3 Å². The van der Waals surface area contributed by atoms with Crippen molar-refractivity contribution in [2.45, 2.75) is 38.4 Å². The zero-order chi connectivity index (χ0) is 18.7. The summed E-state index contributed by atoms with van der Waals surface area (Å²) in [6.07, 6.45) is 0.748. The summed E-state index contributed by atoms with van der Waals surface area (Å²) < 4.78 is 5.70. The van der Waals surface area contributed by atoms with Gasteiger partial charge in [0, 0.05) is 12.0 Å². The molecule has 0 spiro atoms. The van der Waals surface area contributed by atoms with Crippen LogP contribution in [0, 0.1) is 0 Å². The maximum atomic E-state index is 12.0. The van der Waals surface area contributed by atoms with Crippen molar-refractivity contribution < 1.29 is 24.5 Å². The van der Waals surface area contributed by atoms with E-state index in [-0.39, 0.29) is 12.2 Å². The Labute approximate surface area is 146 Å². The van der Waals surface area contributed by atoms with Gasteiger partial charge < -0.3 is 19.7 Å². The van der Waals surface area contributed by atoms with Gasteiger partial charge in [0.1, 0.15) is 22.7 Å². The summed E-state index contributed by atoms with van der Waals surface area (Å²) >= 11 is 0. The van der Waals surface area contributed by atoms with Crippen molar-refractivity contribution in [3.63, 3.8) is 0 Å².